The molecular formula is C38H38ClN3O4. The minimum atomic E-state index is -0.219. The highest BCUT2D eigenvalue weighted by atomic mass is 35.5. The molecule has 3 aromatic carbocycles. The largest absolute Gasteiger partial charge is 0.488 e. The molecule has 0 amide bonds. The monoisotopic (exact) mass is 635 g/mol. The van der Waals surface area contributed by atoms with E-state index in [0.717, 1.165) is 36.8 Å². The normalized spacial score (nSPS) is 14.9. The average molecular weight is 636 g/mol. The van der Waals surface area contributed by atoms with Crippen LogP contribution in [-0.4, -0.2) is 36.6 Å². The minimum absolute atomic E-state index is 0.125. The summed E-state index contributed by atoms with van der Waals surface area (Å²) >= 11 is 6.90. The van der Waals surface area contributed by atoms with Gasteiger partial charge in [-0.25, -0.2) is 0 Å². The number of fused-ring (bicyclic) bond motifs is 2. The third-order valence-corrected chi connectivity index (χ3v) is 9.24. The number of hydrogen-bond acceptors (Lipinski definition) is 7. The topological polar surface area (TPSA) is 84.7 Å². The van der Waals surface area contributed by atoms with Crippen molar-refractivity contribution >= 4 is 17.6 Å². The van der Waals surface area contributed by atoms with Crippen LogP contribution in [0.15, 0.2) is 67.0 Å². The molecule has 0 fully saturated rings. The maximum atomic E-state index is 11.6. The molecule has 0 bridgehead atoms. The number of carbonyl (C=O) groups is 1. The molecule has 1 atom stereocenters. The summed E-state index contributed by atoms with van der Waals surface area (Å²) in [6.07, 6.45) is 9.46. The molecular weight excluding hydrogens is 598 g/mol. The Hall–Kier alpha value is -4.38. The summed E-state index contributed by atoms with van der Waals surface area (Å²) in [6.45, 7) is 1.49. The fraction of sp³-hybridized carbons (Fsp3) is 0.342. The number of ether oxygens (including phenoxy) is 3. The highest BCUT2D eigenvalue weighted by Gasteiger charge is 2.29. The molecule has 2 aliphatic carbocycles. The maximum Gasteiger partial charge on any atom is 0.305 e. The van der Waals surface area contributed by atoms with E-state index in [4.69, 9.17) is 25.8 Å². The lowest BCUT2D eigenvalue weighted by Crippen LogP contribution is -2.20. The van der Waals surface area contributed by atoms with Crippen molar-refractivity contribution in [3.8, 4) is 28.7 Å². The van der Waals surface area contributed by atoms with E-state index in [-0.39, 0.29) is 18.7 Å². The summed E-state index contributed by atoms with van der Waals surface area (Å²) in [6, 6.07) is 21.0. The van der Waals surface area contributed by atoms with Gasteiger partial charge in [0.05, 0.1) is 17.7 Å². The number of nitrogens with zero attached hydrogens (tertiary/aromatic N) is 3. The predicted molar refractivity (Wildman–Crippen MR) is 178 cm³/mol. The van der Waals surface area contributed by atoms with Crippen LogP contribution in [0.25, 0.3) is 11.1 Å². The third kappa shape index (κ3) is 7.04. The van der Waals surface area contributed by atoms with E-state index in [0.29, 0.717) is 48.0 Å². The van der Waals surface area contributed by atoms with E-state index in [9.17, 15) is 10.1 Å². The molecule has 0 unspecified atom stereocenters. The number of hydrogen-bond donors (Lipinski definition) is 0. The van der Waals surface area contributed by atoms with Crippen LogP contribution in [0, 0.1) is 11.3 Å². The van der Waals surface area contributed by atoms with Crippen molar-refractivity contribution in [1.82, 2.24) is 9.88 Å². The van der Waals surface area contributed by atoms with Gasteiger partial charge in [0.25, 0.3) is 0 Å². The summed E-state index contributed by atoms with van der Waals surface area (Å²) in [5.74, 6) is 0.998. The first-order valence-electron chi connectivity index (χ1n) is 15.9. The first-order valence-corrected chi connectivity index (χ1v) is 16.3. The van der Waals surface area contributed by atoms with Gasteiger partial charge in [0.2, 0.25) is 0 Å². The SMILES string of the molecule is COC(=O)CCCN(C)Cc1cc(Cl)c(O[C@H]2CCc3c(-c4cccc5c4CCC5)cccc32)cc1OCc1cncc(C#N)c1. The highest BCUT2D eigenvalue weighted by molar-refractivity contribution is 6.32. The number of nitriles is 1. The Morgan fingerprint density at radius 2 is 1.87 bits per heavy atom. The van der Waals surface area contributed by atoms with Crippen molar-refractivity contribution in [3.05, 3.63) is 111 Å². The number of aromatic nitrogens is 1. The zero-order valence-corrected chi connectivity index (χ0v) is 27.1. The van der Waals surface area contributed by atoms with E-state index in [1.54, 1.807) is 12.3 Å². The smallest absolute Gasteiger partial charge is 0.305 e. The molecule has 0 saturated carbocycles. The van der Waals surface area contributed by atoms with Gasteiger partial charge in [-0.3, -0.25) is 9.78 Å². The Balaban J connectivity index is 1.25. The lowest BCUT2D eigenvalue weighted by molar-refractivity contribution is -0.140. The third-order valence-electron chi connectivity index (χ3n) is 8.94. The van der Waals surface area contributed by atoms with Crippen molar-refractivity contribution in [1.29, 1.82) is 5.26 Å². The molecule has 236 valence electrons. The number of rotatable bonds is 12. The summed E-state index contributed by atoms with van der Waals surface area (Å²) in [5.41, 5.74) is 10.4. The zero-order chi connectivity index (χ0) is 32.0. The fourth-order valence-corrected chi connectivity index (χ4v) is 6.93. The molecule has 6 rings (SSSR count). The standard InChI is InChI=1S/C38H38ClN3O4/c1-42(16-6-13-38(43)44-2)23-28-18-34(39)37(19-36(28)45-24-26-17-25(20-40)21-41-22-26)46-35-15-14-32-31(11-5-12-33(32)35)30-10-4-8-27-7-3-9-29(27)30/h4-5,8,10-12,17-19,21-22,35H,3,6-7,9,13-16,23-24H2,1-2H3/t35-/m0/s1. The molecule has 0 saturated heterocycles. The Kier molecular flexibility index (Phi) is 9.87. The summed E-state index contributed by atoms with van der Waals surface area (Å²) in [5, 5.41) is 9.83. The Morgan fingerprint density at radius 3 is 2.70 bits per heavy atom. The van der Waals surface area contributed by atoms with Crippen LogP contribution < -0.4 is 9.47 Å². The van der Waals surface area contributed by atoms with Crippen molar-refractivity contribution in [3.63, 3.8) is 0 Å². The molecule has 4 aromatic rings. The molecule has 1 heterocycles. The highest BCUT2D eigenvalue weighted by Crippen LogP contribution is 2.44. The maximum absolute atomic E-state index is 11.6. The molecule has 7 nitrogen and oxygen atoms in total. The lowest BCUT2D eigenvalue weighted by atomic mass is 9.92. The molecule has 2 aliphatic rings. The number of aryl methyl sites for hydroxylation is 1. The summed E-state index contributed by atoms with van der Waals surface area (Å²) in [7, 11) is 3.40. The van der Waals surface area contributed by atoms with Crippen LogP contribution in [0.4, 0.5) is 0 Å². The van der Waals surface area contributed by atoms with E-state index in [1.165, 1.54) is 53.1 Å². The minimum Gasteiger partial charge on any atom is -0.488 e. The summed E-state index contributed by atoms with van der Waals surface area (Å²) < 4.78 is 17.8. The number of halogens is 1. The molecule has 0 aliphatic heterocycles. The number of pyridine rings is 1. The predicted octanol–water partition coefficient (Wildman–Crippen LogP) is 7.79. The van der Waals surface area contributed by atoms with Crippen molar-refractivity contribution < 1.29 is 19.0 Å². The fourth-order valence-electron chi connectivity index (χ4n) is 6.69. The molecule has 46 heavy (non-hydrogen) atoms. The van der Waals surface area contributed by atoms with E-state index in [2.05, 4.69) is 52.4 Å². The molecule has 8 heteroatoms. The van der Waals surface area contributed by atoms with Crippen LogP contribution in [0.5, 0.6) is 11.5 Å². The Labute approximate surface area is 275 Å². The first-order chi connectivity index (χ1) is 22.4. The molecule has 0 N–H and O–H groups in total. The van der Waals surface area contributed by atoms with Crippen LogP contribution in [0.2, 0.25) is 5.02 Å². The van der Waals surface area contributed by atoms with Gasteiger partial charge in [0.1, 0.15) is 30.3 Å². The number of benzene rings is 3. The Morgan fingerprint density at radius 1 is 1.04 bits per heavy atom. The van der Waals surface area contributed by atoms with Gasteiger partial charge in [-0.2, -0.15) is 5.26 Å². The van der Waals surface area contributed by atoms with Crippen molar-refractivity contribution in [2.75, 3.05) is 20.7 Å². The quantitative estimate of drug-likeness (QED) is 0.147. The van der Waals surface area contributed by atoms with Crippen molar-refractivity contribution in [2.24, 2.45) is 0 Å². The Bertz CT molecular complexity index is 1780. The number of esters is 1. The van der Waals surface area contributed by atoms with Crippen LogP contribution >= 0.6 is 11.6 Å². The second kappa shape index (κ2) is 14.4. The second-order valence-corrected chi connectivity index (χ2v) is 12.5. The molecule has 0 radical (unpaired) electrons. The average Bonchev–Trinajstić information content (AvgIpc) is 3.73. The zero-order valence-electron chi connectivity index (χ0n) is 26.4. The van der Waals surface area contributed by atoms with Gasteiger partial charge < -0.3 is 19.1 Å². The lowest BCUT2D eigenvalue weighted by Gasteiger charge is -2.22. The van der Waals surface area contributed by atoms with Gasteiger partial charge in [-0.1, -0.05) is 48.0 Å². The van der Waals surface area contributed by atoms with Gasteiger partial charge >= 0.3 is 5.97 Å². The van der Waals surface area contributed by atoms with Gasteiger partial charge in [-0.05, 0) is 97.6 Å². The van der Waals surface area contributed by atoms with E-state index in [1.807, 2.05) is 19.2 Å². The molecule has 0 spiro atoms. The second-order valence-electron chi connectivity index (χ2n) is 12.1. The number of methoxy groups -OCH3 is 1. The first kappa shape index (κ1) is 31.6. The van der Waals surface area contributed by atoms with E-state index >= 15 is 0 Å². The van der Waals surface area contributed by atoms with Gasteiger partial charge in [0, 0.05) is 42.6 Å². The van der Waals surface area contributed by atoms with Crippen LogP contribution in [-0.2, 0) is 41.9 Å². The van der Waals surface area contributed by atoms with Gasteiger partial charge in [-0.15, -0.1) is 0 Å². The molecule has 1 aromatic heterocycles. The van der Waals surface area contributed by atoms with Crippen molar-refractivity contribution in [2.45, 2.75) is 64.2 Å². The van der Waals surface area contributed by atoms with Gasteiger partial charge in [0.15, 0.2) is 0 Å². The van der Waals surface area contributed by atoms with E-state index < -0.39 is 0 Å². The number of carbonyl (C=O) groups excluding carboxylic acids is 1. The van der Waals surface area contributed by atoms with Crippen LogP contribution in [0.1, 0.15) is 70.7 Å². The summed E-state index contributed by atoms with van der Waals surface area (Å²) in [4.78, 5) is 17.9. The van der Waals surface area contributed by atoms with Crippen LogP contribution in [0.3, 0.4) is 0 Å².